The van der Waals surface area contributed by atoms with E-state index in [9.17, 15) is 9.59 Å². The number of amides is 1. The minimum Gasteiger partial charge on any atom is -0.481 e. The van der Waals surface area contributed by atoms with Crippen LogP contribution in [0.2, 0.25) is 0 Å². The average molecular weight is 314 g/mol. The van der Waals surface area contributed by atoms with Crippen molar-refractivity contribution in [3.05, 3.63) is 41.6 Å². The molecular weight excluding hydrogens is 292 g/mol. The normalized spacial score (nSPS) is 11.0. The number of nitrogens with zero attached hydrogens (tertiary/aromatic N) is 2. The Hall–Kier alpha value is -2.43. The number of rotatable bonds is 6. The van der Waals surface area contributed by atoms with E-state index in [0.717, 1.165) is 16.6 Å². The van der Waals surface area contributed by atoms with Crippen LogP contribution in [-0.4, -0.2) is 40.0 Å². The van der Waals surface area contributed by atoms with Crippen LogP contribution in [0, 0.1) is 12.8 Å². The van der Waals surface area contributed by atoms with Crippen molar-refractivity contribution in [2.24, 2.45) is 5.92 Å². The highest BCUT2D eigenvalue weighted by Gasteiger charge is 2.20. The summed E-state index contributed by atoms with van der Waals surface area (Å²) < 4.78 is 0. The smallest absolute Gasteiger partial charge is 0.305 e. The van der Waals surface area contributed by atoms with Crippen LogP contribution in [0.4, 0.5) is 0 Å². The summed E-state index contributed by atoms with van der Waals surface area (Å²) in [5.74, 6) is -0.772. The van der Waals surface area contributed by atoms with Gasteiger partial charge in [0.25, 0.3) is 5.91 Å². The highest BCUT2D eigenvalue weighted by atomic mass is 16.4. The number of carbonyl (C=O) groups excluding carboxylic acids is 1. The molecule has 1 heterocycles. The van der Waals surface area contributed by atoms with Gasteiger partial charge in [0.1, 0.15) is 0 Å². The van der Waals surface area contributed by atoms with Gasteiger partial charge in [0.05, 0.1) is 17.5 Å². The largest absolute Gasteiger partial charge is 0.481 e. The fourth-order valence-electron chi connectivity index (χ4n) is 2.60. The Labute approximate surface area is 135 Å². The lowest BCUT2D eigenvalue weighted by Crippen LogP contribution is -2.36. The molecule has 5 heteroatoms. The third-order valence-electron chi connectivity index (χ3n) is 3.54. The Morgan fingerprint density at radius 2 is 1.96 bits per heavy atom. The number of carbonyl (C=O) groups is 2. The monoisotopic (exact) mass is 314 g/mol. The molecule has 2 rings (SSSR count). The van der Waals surface area contributed by atoms with Crippen LogP contribution < -0.4 is 0 Å². The molecule has 0 atom stereocenters. The van der Waals surface area contributed by atoms with Gasteiger partial charge >= 0.3 is 5.97 Å². The SMILES string of the molecule is Cc1cc(C(=O)N(CCC(=O)O)CC(C)C)c2ccccc2n1. The lowest BCUT2D eigenvalue weighted by molar-refractivity contribution is -0.137. The van der Waals surface area contributed by atoms with Crippen molar-refractivity contribution < 1.29 is 14.7 Å². The Morgan fingerprint density at radius 3 is 2.61 bits per heavy atom. The highest BCUT2D eigenvalue weighted by molar-refractivity contribution is 6.06. The zero-order chi connectivity index (χ0) is 17.0. The number of carboxylic acids is 1. The lowest BCUT2D eigenvalue weighted by Gasteiger charge is -2.24. The third kappa shape index (κ3) is 4.28. The zero-order valence-corrected chi connectivity index (χ0v) is 13.7. The first-order valence-electron chi connectivity index (χ1n) is 7.76. The first-order valence-corrected chi connectivity index (χ1v) is 7.76. The minimum atomic E-state index is -0.901. The maximum absolute atomic E-state index is 13.0. The molecular formula is C18H22N2O3. The predicted octanol–water partition coefficient (Wildman–Crippen LogP) is 3.12. The summed E-state index contributed by atoms with van der Waals surface area (Å²) >= 11 is 0. The van der Waals surface area contributed by atoms with E-state index in [1.54, 1.807) is 11.0 Å². The fraction of sp³-hybridized carbons (Fsp3) is 0.389. The standard InChI is InChI=1S/C18H22N2O3/c1-12(2)11-20(9-8-17(21)22)18(23)15-10-13(3)19-16-7-5-4-6-14(15)16/h4-7,10,12H,8-9,11H2,1-3H3,(H,21,22). The molecule has 122 valence electrons. The number of hydrogen-bond acceptors (Lipinski definition) is 3. The molecule has 23 heavy (non-hydrogen) atoms. The maximum atomic E-state index is 13.0. The molecule has 0 bridgehead atoms. The van der Waals surface area contributed by atoms with Crippen molar-refractivity contribution in [3.8, 4) is 0 Å². The van der Waals surface area contributed by atoms with Crippen LogP contribution in [0.25, 0.3) is 10.9 Å². The van der Waals surface area contributed by atoms with Gasteiger partial charge in [0.15, 0.2) is 0 Å². The van der Waals surface area contributed by atoms with Gasteiger partial charge in [0.2, 0.25) is 0 Å². The first kappa shape index (κ1) is 16.9. The van der Waals surface area contributed by atoms with Crippen molar-refractivity contribution in [2.45, 2.75) is 27.2 Å². The Kier molecular flexibility index (Phi) is 5.32. The first-order chi connectivity index (χ1) is 10.9. The molecule has 1 N–H and O–H groups in total. The number of para-hydroxylation sites is 1. The molecule has 0 radical (unpaired) electrons. The van der Waals surface area contributed by atoms with Crippen molar-refractivity contribution in [2.75, 3.05) is 13.1 Å². The molecule has 0 saturated heterocycles. The van der Waals surface area contributed by atoms with Gasteiger partial charge in [-0.15, -0.1) is 0 Å². The quantitative estimate of drug-likeness (QED) is 0.889. The summed E-state index contributed by atoms with van der Waals surface area (Å²) in [7, 11) is 0. The van der Waals surface area contributed by atoms with Crippen molar-refractivity contribution >= 4 is 22.8 Å². The van der Waals surface area contributed by atoms with Gasteiger partial charge < -0.3 is 10.0 Å². The van der Waals surface area contributed by atoms with Crippen molar-refractivity contribution in [1.29, 1.82) is 0 Å². The molecule has 0 aliphatic carbocycles. The predicted molar refractivity (Wildman–Crippen MR) is 89.5 cm³/mol. The summed E-state index contributed by atoms with van der Waals surface area (Å²) in [4.78, 5) is 29.9. The number of hydrogen-bond donors (Lipinski definition) is 1. The molecule has 0 aliphatic rings. The maximum Gasteiger partial charge on any atom is 0.305 e. The third-order valence-corrected chi connectivity index (χ3v) is 3.54. The Bertz CT molecular complexity index is 725. The topological polar surface area (TPSA) is 70.5 Å². The molecule has 1 aromatic carbocycles. The van der Waals surface area contributed by atoms with Gasteiger partial charge in [-0.25, -0.2) is 0 Å². The summed E-state index contributed by atoms with van der Waals surface area (Å²) in [6.07, 6.45) is -0.0551. The molecule has 1 amide bonds. The van der Waals surface area contributed by atoms with E-state index in [1.165, 1.54) is 0 Å². The summed E-state index contributed by atoms with van der Waals surface area (Å²) in [6.45, 7) is 6.62. The van der Waals surface area contributed by atoms with E-state index in [0.29, 0.717) is 12.1 Å². The van der Waals surface area contributed by atoms with E-state index in [4.69, 9.17) is 5.11 Å². The van der Waals surface area contributed by atoms with Crippen LogP contribution in [0.3, 0.4) is 0 Å². The van der Waals surface area contributed by atoms with Crippen molar-refractivity contribution in [3.63, 3.8) is 0 Å². The zero-order valence-electron chi connectivity index (χ0n) is 13.7. The summed E-state index contributed by atoms with van der Waals surface area (Å²) in [5, 5.41) is 9.72. The molecule has 0 fully saturated rings. The number of aromatic nitrogens is 1. The number of aryl methyl sites for hydroxylation is 1. The number of benzene rings is 1. The van der Waals surface area contributed by atoms with Crippen LogP contribution in [0.5, 0.6) is 0 Å². The van der Waals surface area contributed by atoms with Gasteiger partial charge in [-0.1, -0.05) is 32.0 Å². The second-order valence-corrected chi connectivity index (χ2v) is 6.12. The average Bonchev–Trinajstić information content (AvgIpc) is 2.49. The van der Waals surface area contributed by atoms with Crippen LogP contribution >= 0.6 is 0 Å². The highest BCUT2D eigenvalue weighted by Crippen LogP contribution is 2.20. The van der Waals surface area contributed by atoms with E-state index in [2.05, 4.69) is 4.98 Å². The van der Waals surface area contributed by atoms with Gasteiger partial charge in [-0.3, -0.25) is 14.6 Å². The fourth-order valence-corrected chi connectivity index (χ4v) is 2.60. The van der Waals surface area contributed by atoms with Crippen LogP contribution in [-0.2, 0) is 4.79 Å². The van der Waals surface area contributed by atoms with Gasteiger partial charge in [-0.2, -0.15) is 0 Å². The van der Waals surface area contributed by atoms with Gasteiger partial charge in [0, 0.05) is 24.2 Å². The Morgan fingerprint density at radius 1 is 1.26 bits per heavy atom. The summed E-state index contributed by atoms with van der Waals surface area (Å²) in [5.41, 5.74) is 2.13. The second-order valence-electron chi connectivity index (χ2n) is 6.12. The molecule has 0 unspecified atom stereocenters. The molecule has 0 spiro atoms. The van der Waals surface area contributed by atoms with E-state index in [1.807, 2.05) is 45.0 Å². The van der Waals surface area contributed by atoms with E-state index >= 15 is 0 Å². The molecule has 2 aromatic rings. The van der Waals surface area contributed by atoms with Crippen molar-refractivity contribution in [1.82, 2.24) is 9.88 Å². The van der Waals surface area contributed by atoms with Gasteiger partial charge in [-0.05, 0) is 25.0 Å². The van der Waals surface area contributed by atoms with E-state index in [-0.39, 0.29) is 24.8 Å². The minimum absolute atomic E-state index is 0.0551. The summed E-state index contributed by atoms with van der Waals surface area (Å²) in [6, 6.07) is 9.29. The van der Waals surface area contributed by atoms with E-state index < -0.39 is 5.97 Å². The second kappa shape index (κ2) is 7.22. The number of fused-ring (bicyclic) bond motifs is 1. The molecule has 0 saturated carbocycles. The molecule has 0 aliphatic heterocycles. The Balaban J connectivity index is 2.40. The number of aliphatic carboxylic acids is 1. The number of pyridine rings is 1. The van der Waals surface area contributed by atoms with Crippen LogP contribution in [0.1, 0.15) is 36.3 Å². The lowest BCUT2D eigenvalue weighted by atomic mass is 10.1. The molecule has 5 nitrogen and oxygen atoms in total. The number of carboxylic acid groups (broad SMARTS) is 1. The van der Waals surface area contributed by atoms with Crippen LogP contribution in [0.15, 0.2) is 30.3 Å². The molecule has 1 aromatic heterocycles.